The monoisotopic (exact) mass is 331 g/mol. The number of thioether (sulfide) groups is 1. The molecule has 0 aliphatic carbocycles. The van der Waals surface area contributed by atoms with Crippen molar-refractivity contribution < 1.29 is 4.79 Å². The van der Waals surface area contributed by atoms with Gasteiger partial charge in [0.1, 0.15) is 6.33 Å². The van der Waals surface area contributed by atoms with Gasteiger partial charge in [0.15, 0.2) is 0 Å². The van der Waals surface area contributed by atoms with Crippen LogP contribution < -0.4 is 0 Å². The molecule has 2 heterocycles. The van der Waals surface area contributed by atoms with E-state index in [2.05, 4.69) is 46.7 Å². The molecule has 1 aliphatic rings. The highest BCUT2D eigenvalue weighted by atomic mass is 32.2. The molecule has 1 fully saturated rings. The van der Waals surface area contributed by atoms with Crippen LogP contribution in [0.1, 0.15) is 24.8 Å². The Hall–Kier alpha value is -1.89. The summed E-state index contributed by atoms with van der Waals surface area (Å²) in [5.41, 5.74) is 1.33. The molecule has 0 bridgehead atoms. The van der Waals surface area contributed by atoms with Gasteiger partial charge in [-0.2, -0.15) is 0 Å². The fraction of sp³-hybridized carbons (Fsp3) is 0.500. The second kappa shape index (κ2) is 7.59. The number of benzene rings is 1. The van der Waals surface area contributed by atoms with Crippen LogP contribution in [0.5, 0.6) is 0 Å². The van der Waals surface area contributed by atoms with Gasteiger partial charge >= 0.3 is 0 Å². The zero-order chi connectivity index (χ0) is 16.1. The van der Waals surface area contributed by atoms with Gasteiger partial charge in [-0.15, -0.1) is 16.9 Å². The van der Waals surface area contributed by atoms with Crippen molar-refractivity contribution in [1.29, 1.82) is 0 Å². The predicted molar refractivity (Wildman–Crippen MR) is 89.1 cm³/mol. The molecule has 1 aromatic carbocycles. The minimum absolute atomic E-state index is 0.194. The van der Waals surface area contributed by atoms with Gasteiger partial charge in [0.2, 0.25) is 5.91 Å². The standard InChI is InChI=1S/C16H21N5OS/c1-13-4-2-3-5-15(13)23-14-6-9-20(10-7-14)16(22)8-11-21-12-17-18-19-21/h2-5,12,14H,6-11H2,1H3. The van der Waals surface area contributed by atoms with Crippen molar-refractivity contribution >= 4 is 17.7 Å². The summed E-state index contributed by atoms with van der Waals surface area (Å²) in [7, 11) is 0. The molecule has 1 aromatic heterocycles. The van der Waals surface area contributed by atoms with Crippen molar-refractivity contribution in [3.63, 3.8) is 0 Å². The third-order valence-corrected chi connectivity index (χ3v) is 5.64. The van der Waals surface area contributed by atoms with Gasteiger partial charge in [-0.05, 0) is 41.8 Å². The Morgan fingerprint density at radius 2 is 2.09 bits per heavy atom. The summed E-state index contributed by atoms with van der Waals surface area (Å²) in [5.74, 6) is 0.194. The second-order valence-electron chi connectivity index (χ2n) is 5.79. The molecule has 1 saturated heterocycles. The Balaban J connectivity index is 1.44. The molecular weight excluding hydrogens is 310 g/mol. The maximum Gasteiger partial charge on any atom is 0.224 e. The lowest BCUT2D eigenvalue weighted by molar-refractivity contribution is -0.132. The number of nitrogens with zero attached hydrogens (tertiary/aromatic N) is 5. The fourth-order valence-electron chi connectivity index (χ4n) is 2.74. The van der Waals surface area contributed by atoms with Crippen LogP contribution in [0.3, 0.4) is 0 Å². The average molecular weight is 331 g/mol. The lowest BCUT2D eigenvalue weighted by Gasteiger charge is -2.32. The summed E-state index contributed by atoms with van der Waals surface area (Å²) in [6.45, 7) is 4.39. The highest BCUT2D eigenvalue weighted by Crippen LogP contribution is 2.32. The lowest BCUT2D eigenvalue weighted by Crippen LogP contribution is -2.39. The number of amides is 1. The first-order valence-corrected chi connectivity index (χ1v) is 8.81. The SMILES string of the molecule is Cc1ccccc1SC1CCN(C(=O)CCn2cnnn2)CC1. The summed E-state index contributed by atoms with van der Waals surface area (Å²) in [6.07, 6.45) is 4.10. The maximum absolute atomic E-state index is 12.2. The van der Waals surface area contributed by atoms with Crippen molar-refractivity contribution in [3.05, 3.63) is 36.2 Å². The first kappa shape index (κ1) is 16.0. The van der Waals surface area contributed by atoms with Crippen LogP contribution in [0.25, 0.3) is 0 Å². The zero-order valence-electron chi connectivity index (χ0n) is 13.3. The number of piperidine rings is 1. The molecule has 122 valence electrons. The smallest absolute Gasteiger partial charge is 0.224 e. The Labute approximate surface area is 140 Å². The maximum atomic E-state index is 12.2. The Morgan fingerprint density at radius 3 is 2.78 bits per heavy atom. The van der Waals surface area contributed by atoms with E-state index in [1.807, 2.05) is 16.7 Å². The third kappa shape index (κ3) is 4.31. The molecule has 1 amide bonds. The van der Waals surface area contributed by atoms with E-state index in [1.54, 1.807) is 11.0 Å². The Morgan fingerprint density at radius 1 is 1.30 bits per heavy atom. The van der Waals surface area contributed by atoms with Crippen LogP contribution in [0.4, 0.5) is 0 Å². The van der Waals surface area contributed by atoms with Crippen LogP contribution in [0, 0.1) is 6.92 Å². The number of rotatable bonds is 5. The number of hydrogen-bond donors (Lipinski definition) is 0. The molecule has 23 heavy (non-hydrogen) atoms. The van der Waals surface area contributed by atoms with Gasteiger partial charge in [-0.1, -0.05) is 18.2 Å². The number of aromatic nitrogens is 4. The number of aryl methyl sites for hydroxylation is 2. The summed E-state index contributed by atoms with van der Waals surface area (Å²) in [4.78, 5) is 15.6. The van der Waals surface area contributed by atoms with Gasteiger partial charge in [0.25, 0.3) is 0 Å². The average Bonchev–Trinajstić information content (AvgIpc) is 3.09. The van der Waals surface area contributed by atoms with E-state index in [9.17, 15) is 4.79 Å². The van der Waals surface area contributed by atoms with E-state index >= 15 is 0 Å². The third-order valence-electron chi connectivity index (χ3n) is 4.13. The molecule has 7 heteroatoms. The lowest BCUT2D eigenvalue weighted by atomic mass is 10.1. The molecule has 0 radical (unpaired) electrons. The second-order valence-corrected chi connectivity index (χ2v) is 7.13. The summed E-state index contributed by atoms with van der Waals surface area (Å²) in [6, 6.07) is 8.50. The minimum Gasteiger partial charge on any atom is -0.343 e. The van der Waals surface area contributed by atoms with E-state index in [-0.39, 0.29) is 5.91 Å². The van der Waals surface area contributed by atoms with Gasteiger partial charge in [0.05, 0.1) is 6.54 Å². The topological polar surface area (TPSA) is 63.9 Å². The van der Waals surface area contributed by atoms with Crippen molar-refractivity contribution in [1.82, 2.24) is 25.1 Å². The number of carbonyl (C=O) groups is 1. The van der Waals surface area contributed by atoms with E-state index in [0.717, 1.165) is 25.9 Å². The number of tetrazole rings is 1. The fourth-order valence-corrected chi connectivity index (χ4v) is 3.96. The van der Waals surface area contributed by atoms with E-state index in [0.29, 0.717) is 18.2 Å². The molecule has 1 aliphatic heterocycles. The summed E-state index contributed by atoms with van der Waals surface area (Å²) >= 11 is 1.95. The first-order chi connectivity index (χ1) is 11.2. The molecule has 0 saturated carbocycles. The molecule has 6 nitrogen and oxygen atoms in total. The van der Waals surface area contributed by atoms with Gasteiger partial charge in [0, 0.05) is 29.7 Å². The summed E-state index contributed by atoms with van der Waals surface area (Å²) < 4.78 is 1.60. The summed E-state index contributed by atoms with van der Waals surface area (Å²) in [5, 5.41) is 11.5. The molecule has 2 aromatic rings. The minimum atomic E-state index is 0.194. The van der Waals surface area contributed by atoms with Crippen LogP contribution in [0.2, 0.25) is 0 Å². The van der Waals surface area contributed by atoms with E-state index < -0.39 is 0 Å². The van der Waals surface area contributed by atoms with Crippen molar-refractivity contribution in [2.24, 2.45) is 0 Å². The molecule has 3 rings (SSSR count). The van der Waals surface area contributed by atoms with Crippen molar-refractivity contribution in [2.45, 2.75) is 42.9 Å². The van der Waals surface area contributed by atoms with Crippen LogP contribution >= 0.6 is 11.8 Å². The molecule has 0 unspecified atom stereocenters. The molecule has 0 atom stereocenters. The van der Waals surface area contributed by atoms with Crippen molar-refractivity contribution in [3.8, 4) is 0 Å². The molecular formula is C16H21N5OS. The van der Waals surface area contributed by atoms with Gasteiger partial charge in [-0.25, -0.2) is 4.68 Å². The van der Waals surface area contributed by atoms with Gasteiger partial charge < -0.3 is 4.90 Å². The highest BCUT2D eigenvalue weighted by Gasteiger charge is 2.23. The molecule has 0 N–H and O–H groups in total. The van der Waals surface area contributed by atoms with Crippen LogP contribution in [-0.2, 0) is 11.3 Å². The highest BCUT2D eigenvalue weighted by molar-refractivity contribution is 8.00. The number of hydrogen-bond acceptors (Lipinski definition) is 5. The first-order valence-electron chi connectivity index (χ1n) is 7.93. The number of likely N-dealkylation sites (tertiary alicyclic amines) is 1. The van der Waals surface area contributed by atoms with Crippen molar-refractivity contribution in [2.75, 3.05) is 13.1 Å². The molecule has 0 spiro atoms. The van der Waals surface area contributed by atoms with Crippen LogP contribution in [-0.4, -0.2) is 49.4 Å². The predicted octanol–water partition coefficient (Wildman–Crippen LogP) is 2.15. The van der Waals surface area contributed by atoms with E-state index in [4.69, 9.17) is 0 Å². The number of carbonyl (C=O) groups excluding carboxylic acids is 1. The van der Waals surface area contributed by atoms with E-state index in [1.165, 1.54) is 10.5 Å². The Bertz CT molecular complexity index is 638. The van der Waals surface area contributed by atoms with Gasteiger partial charge in [-0.3, -0.25) is 4.79 Å². The largest absolute Gasteiger partial charge is 0.343 e. The van der Waals surface area contributed by atoms with Crippen LogP contribution in [0.15, 0.2) is 35.5 Å². The quantitative estimate of drug-likeness (QED) is 0.840. The Kier molecular flexibility index (Phi) is 5.27. The zero-order valence-corrected chi connectivity index (χ0v) is 14.1. The normalized spacial score (nSPS) is 15.8.